The fourth-order valence-electron chi connectivity index (χ4n) is 7.01. The number of alkyl halides is 1. The number of amides is 3. The molecule has 3 saturated heterocycles. The third-order valence-corrected chi connectivity index (χ3v) is 9.81. The van der Waals surface area contributed by atoms with Crippen LogP contribution in [-0.4, -0.2) is 101 Å². The molecule has 4 rings (SSSR count). The Labute approximate surface area is 251 Å². The quantitative estimate of drug-likeness (QED) is 0.266. The molecule has 0 aromatic heterocycles. The van der Waals surface area contributed by atoms with Gasteiger partial charge in [0.1, 0.15) is 11.6 Å². The number of aliphatic hydroxyl groups is 1. The van der Waals surface area contributed by atoms with Crippen molar-refractivity contribution in [3.63, 3.8) is 0 Å². The number of nitrogens with zero attached hydrogens (tertiary/aromatic N) is 4. The van der Waals surface area contributed by atoms with Crippen LogP contribution < -0.4 is 9.80 Å². The van der Waals surface area contributed by atoms with Gasteiger partial charge in [-0.3, -0.25) is 14.4 Å². The van der Waals surface area contributed by atoms with Crippen molar-refractivity contribution < 1.29 is 24.2 Å². The monoisotopic (exact) mass is 630 g/mol. The van der Waals surface area contributed by atoms with Gasteiger partial charge in [-0.05, 0) is 51.0 Å². The molecule has 1 N–H and O–H groups in total. The summed E-state index contributed by atoms with van der Waals surface area (Å²) in [5.41, 5.74) is 0.527. The Hall–Kier alpha value is -2.69. The first-order valence-corrected chi connectivity index (χ1v) is 15.4. The van der Waals surface area contributed by atoms with E-state index in [2.05, 4.69) is 47.8 Å². The minimum absolute atomic E-state index is 0.205. The zero-order valence-corrected chi connectivity index (χ0v) is 26.1. The molecule has 1 spiro atoms. The number of rotatable bonds is 13. The molecule has 1 aromatic carbocycles. The van der Waals surface area contributed by atoms with Crippen molar-refractivity contribution in [3.05, 3.63) is 49.6 Å². The number of benzene rings is 1. The van der Waals surface area contributed by atoms with Gasteiger partial charge in [0.15, 0.2) is 0 Å². The van der Waals surface area contributed by atoms with Gasteiger partial charge < -0.3 is 29.4 Å². The number of hydrogen-bond acceptors (Lipinski definition) is 6. The number of carbonyl (C=O) groups excluding carboxylic acids is 3. The zero-order chi connectivity index (χ0) is 30.1. The van der Waals surface area contributed by atoms with Crippen molar-refractivity contribution in [2.45, 2.75) is 62.2 Å². The average molecular weight is 632 g/mol. The van der Waals surface area contributed by atoms with Crippen LogP contribution in [0.15, 0.2) is 49.6 Å². The van der Waals surface area contributed by atoms with E-state index >= 15 is 0 Å². The predicted molar refractivity (Wildman–Crippen MR) is 164 cm³/mol. The molecule has 224 valence electrons. The van der Waals surface area contributed by atoms with E-state index in [1.54, 1.807) is 29.0 Å². The van der Waals surface area contributed by atoms with Gasteiger partial charge in [0, 0.05) is 49.4 Å². The van der Waals surface area contributed by atoms with Crippen molar-refractivity contribution in [1.82, 2.24) is 9.80 Å². The van der Waals surface area contributed by atoms with Gasteiger partial charge >= 0.3 is 0 Å². The van der Waals surface area contributed by atoms with E-state index in [9.17, 15) is 19.5 Å². The first kappa shape index (κ1) is 31.3. The molecular formula is C31H43BrN4O5. The van der Waals surface area contributed by atoms with Crippen LogP contribution in [0.3, 0.4) is 0 Å². The maximum atomic E-state index is 14.7. The molecule has 3 unspecified atom stereocenters. The highest BCUT2D eigenvalue weighted by Gasteiger charge is 2.77. The van der Waals surface area contributed by atoms with Crippen molar-refractivity contribution in [1.29, 1.82) is 0 Å². The van der Waals surface area contributed by atoms with Crippen LogP contribution in [0.25, 0.3) is 0 Å². The Bertz CT molecular complexity index is 1150. The lowest BCUT2D eigenvalue weighted by Crippen LogP contribution is -2.59. The summed E-state index contributed by atoms with van der Waals surface area (Å²) in [5.74, 6) is -2.41. The molecule has 0 radical (unpaired) electrons. The summed E-state index contributed by atoms with van der Waals surface area (Å²) in [7, 11) is 1.68. The Morgan fingerprint density at radius 3 is 2.27 bits per heavy atom. The van der Waals surface area contributed by atoms with Crippen LogP contribution in [0.1, 0.15) is 33.6 Å². The Kier molecular flexibility index (Phi) is 9.66. The number of aliphatic hydroxyl groups excluding tert-OH is 1. The number of ether oxygens (including phenoxy) is 1. The van der Waals surface area contributed by atoms with E-state index in [4.69, 9.17) is 4.74 Å². The second-order valence-corrected chi connectivity index (χ2v) is 12.3. The van der Waals surface area contributed by atoms with Gasteiger partial charge in [-0.1, -0.05) is 35.0 Å². The molecule has 3 fully saturated rings. The third kappa shape index (κ3) is 5.12. The van der Waals surface area contributed by atoms with Gasteiger partial charge in [-0.15, -0.1) is 13.2 Å². The summed E-state index contributed by atoms with van der Waals surface area (Å²) in [6.07, 6.45) is 3.61. The molecule has 7 atom stereocenters. The van der Waals surface area contributed by atoms with Crippen molar-refractivity contribution in [3.8, 4) is 0 Å². The largest absolute Gasteiger partial charge is 0.394 e. The van der Waals surface area contributed by atoms with Crippen LogP contribution in [0.5, 0.6) is 0 Å². The minimum Gasteiger partial charge on any atom is -0.394 e. The summed E-state index contributed by atoms with van der Waals surface area (Å²) < 4.78 is 6.63. The van der Waals surface area contributed by atoms with Crippen LogP contribution >= 0.6 is 15.9 Å². The highest BCUT2D eigenvalue weighted by atomic mass is 79.9. The smallest absolute Gasteiger partial charge is 0.253 e. The van der Waals surface area contributed by atoms with Crippen LogP contribution in [-0.2, 0) is 19.1 Å². The molecule has 3 heterocycles. The van der Waals surface area contributed by atoms with E-state index in [0.717, 1.165) is 18.8 Å². The molecular weight excluding hydrogens is 588 g/mol. The molecule has 2 bridgehead atoms. The number of likely N-dealkylation sites (tertiary alicyclic amines) is 1. The normalized spacial score (nSPS) is 28.8. The summed E-state index contributed by atoms with van der Waals surface area (Å²) in [5, 5.41) is 10.3. The highest BCUT2D eigenvalue weighted by Crippen LogP contribution is 2.61. The van der Waals surface area contributed by atoms with Crippen LogP contribution in [0, 0.1) is 11.8 Å². The van der Waals surface area contributed by atoms with E-state index in [-0.39, 0.29) is 35.7 Å². The van der Waals surface area contributed by atoms with Crippen molar-refractivity contribution in [2.75, 3.05) is 49.6 Å². The average Bonchev–Trinajstić information content (AvgIpc) is 3.56. The minimum atomic E-state index is -1.20. The summed E-state index contributed by atoms with van der Waals surface area (Å²) in [6.45, 7) is 15.7. The molecule has 3 amide bonds. The lowest BCUT2D eigenvalue weighted by Gasteiger charge is -2.39. The molecule has 0 aliphatic carbocycles. The molecule has 3 aliphatic rings. The van der Waals surface area contributed by atoms with Crippen molar-refractivity contribution >= 4 is 45.0 Å². The number of anilines is 2. The van der Waals surface area contributed by atoms with Gasteiger partial charge in [0.25, 0.3) is 5.91 Å². The van der Waals surface area contributed by atoms with Gasteiger partial charge in [-0.25, -0.2) is 0 Å². The highest BCUT2D eigenvalue weighted by molar-refractivity contribution is 9.09. The number of likely N-dealkylation sites (N-methyl/N-ethyl adjacent to an activating group) is 1. The van der Waals surface area contributed by atoms with E-state index in [1.165, 1.54) is 4.90 Å². The molecule has 3 aliphatic heterocycles. The lowest BCUT2D eigenvalue weighted by molar-refractivity contribution is -0.146. The zero-order valence-electron chi connectivity index (χ0n) is 24.5. The second-order valence-electron chi connectivity index (χ2n) is 11.1. The first-order valence-electron chi connectivity index (χ1n) is 14.5. The Balaban J connectivity index is 1.79. The van der Waals surface area contributed by atoms with E-state index in [0.29, 0.717) is 25.1 Å². The standard InChI is InChI=1S/C31H43BrN4O5/c1-7-16-33(6)28(38)24-25-29(39)36(20(9-3)19-37)27(31(25)18-23(32)26(24)41-31)30(40)35(17-8-2)22-14-12-21(13-15-22)34(10-4)11-5/h7-8,12-15,20,23-27,37H,1-2,9-11,16-19H2,3-6H3/t20-,23?,24+,25-,26+,27?,31?/m0/s1. The topological polar surface area (TPSA) is 93.6 Å². The molecule has 41 heavy (non-hydrogen) atoms. The maximum Gasteiger partial charge on any atom is 0.253 e. The van der Waals surface area contributed by atoms with E-state index < -0.39 is 35.6 Å². The second kappa shape index (κ2) is 12.7. The Morgan fingerprint density at radius 2 is 1.73 bits per heavy atom. The van der Waals surface area contributed by atoms with Gasteiger partial charge in [0.05, 0.1) is 30.6 Å². The maximum absolute atomic E-state index is 14.7. The van der Waals surface area contributed by atoms with E-state index in [1.807, 2.05) is 31.2 Å². The predicted octanol–water partition coefficient (Wildman–Crippen LogP) is 3.22. The van der Waals surface area contributed by atoms with Crippen molar-refractivity contribution in [2.24, 2.45) is 11.8 Å². The van der Waals surface area contributed by atoms with Crippen LogP contribution in [0.2, 0.25) is 0 Å². The summed E-state index contributed by atoms with van der Waals surface area (Å²) >= 11 is 3.72. The Morgan fingerprint density at radius 1 is 1.12 bits per heavy atom. The van der Waals surface area contributed by atoms with Gasteiger partial charge in [-0.2, -0.15) is 0 Å². The van der Waals surface area contributed by atoms with Gasteiger partial charge in [0.2, 0.25) is 11.8 Å². The van der Waals surface area contributed by atoms with Crippen LogP contribution in [0.4, 0.5) is 11.4 Å². The number of fused-ring (bicyclic) bond motifs is 1. The SMILES string of the molecule is C=CCN(C)C(=O)[C@H]1[C@@H]2OC3(CC2Br)C(C(=O)N(CC=C)c2ccc(N(CC)CC)cc2)N([C@@H](CC)CO)C(=O)[C@H]13. The molecule has 0 saturated carbocycles. The lowest BCUT2D eigenvalue weighted by atomic mass is 9.70. The summed E-state index contributed by atoms with van der Waals surface area (Å²) in [6, 6.07) is 6.20. The third-order valence-electron chi connectivity index (χ3n) is 8.97. The molecule has 10 heteroatoms. The fraction of sp³-hybridized carbons (Fsp3) is 0.581. The number of hydrogen-bond donors (Lipinski definition) is 1. The molecule has 9 nitrogen and oxygen atoms in total. The molecule has 1 aromatic rings. The number of halogens is 1. The number of carbonyl (C=O) groups is 3. The first-order chi connectivity index (χ1) is 19.6. The summed E-state index contributed by atoms with van der Waals surface area (Å²) in [4.78, 5) is 49.4. The fourth-order valence-corrected chi connectivity index (χ4v) is 7.95.